The number of hydrogen-bond donors (Lipinski definition) is 3. The molecule has 0 radical (unpaired) electrons. The second kappa shape index (κ2) is 5.80. The highest BCUT2D eigenvalue weighted by Crippen LogP contribution is 2.06. The van der Waals surface area contributed by atoms with Crippen LogP contribution in [0.15, 0.2) is 24.3 Å². The number of rotatable bonds is 4. The summed E-state index contributed by atoms with van der Waals surface area (Å²) in [7, 11) is 0. The van der Waals surface area contributed by atoms with E-state index in [1.807, 2.05) is 0 Å². The van der Waals surface area contributed by atoms with Crippen LogP contribution in [0.25, 0.3) is 0 Å². The molecule has 0 bridgehead atoms. The molecule has 16 heavy (non-hydrogen) atoms. The SMILES string of the molecule is O=C(NCC(O)C(=O)O)c1ccc(I)cc1. The van der Waals surface area contributed by atoms with Crippen LogP contribution in [0.4, 0.5) is 0 Å². The van der Waals surface area contributed by atoms with Crippen LogP contribution < -0.4 is 5.32 Å². The molecular weight excluding hydrogens is 325 g/mol. The highest BCUT2D eigenvalue weighted by molar-refractivity contribution is 14.1. The molecule has 0 aliphatic rings. The van der Waals surface area contributed by atoms with Gasteiger partial charge < -0.3 is 15.5 Å². The van der Waals surface area contributed by atoms with E-state index in [9.17, 15) is 9.59 Å². The molecule has 1 atom stereocenters. The minimum atomic E-state index is -1.58. The number of carbonyl (C=O) groups is 2. The van der Waals surface area contributed by atoms with Gasteiger partial charge >= 0.3 is 5.97 Å². The molecule has 0 fully saturated rings. The lowest BCUT2D eigenvalue weighted by atomic mass is 10.2. The predicted molar refractivity (Wildman–Crippen MR) is 65.1 cm³/mol. The minimum Gasteiger partial charge on any atom is -0.479 e. The maximum atomic E-state index is 11.5. The van der Waals surface area contributed by atoms with E-state index in [4.69, 9.17) is 10.2 Å². The Bertz CT molecular complexity index is 390. The molecule has 0 aromatic heterocycles. The number of carbonyl (C=O) groups excluding carboxylic acids is 1. The first-order valence-electron chi connectivity index (χ1n) is 4.45. The van der Waals surface area contributed by atoms with Gasteiger partial charge in [-0.3, -0.25) is 4.79 Å². The molecule has 3 N–H and O–H groups in total. The molecule has 0 saturated carbocycles. The normalized spacial score (nSPS) is 11.9. The monoisotopic (exact) mass is 335 g/mol. The molecule has 1 rings (SSSR count). The number of aliphatic carboxylic acids is 1. The van der Waals surface area contributed by atoms with Crippen molar-refractivity contribution in [3.05, 3.63) is 33.4 Å². The van der Waals surface area contributed by atoms with Crippen LogP contribution in [0.5, 0.6) is 0 Å². The smallest absolute Gasteiger partial charge is 0.334 e. The Hall–Kier alpha value is -1.15. The number of aliphatic hydroxyl groups excluding tert-OH is 1. The quantitative estimate of drug-likeness (QED) is 0.698. The number of nitrogens with one attached hydrogen (secondary N) is 1. The molecule has 1 unspecified atom stereocenters. The zero-order chi connectivity index (χ0) is 12.1. The zero-order valence-electron chi connectivity index (χ0n) is 8.18. The van der Waals surface area contributed by atoms with Gasteiger partial charge in [0.1, 0.15) is 0 Å². The van der Waals surface area contributed by atoms with E-state index in [1.54, 1.807) is 24.3 Å². The summed E-state index contributed by atoms with van der Waals surface area (Å²) in [5.74, 6) is -1.76. The highest BCUT2D eigenvalue weighted by atomic mass is 127. The largest absolute Gasteiger partial charge is 0.479 e. The zero-order valence-corrected chi connectivity index (χ0v) is 10.3. The molecular formula is C10H10INO4. The number of benzene rings is 1. The molecule has 86 valence electrons. The first-order chi connectivity index (χ1) is 7.50. The number of carboxylic acids is 1. The van der Waals surface area contributed by atoms with Gasteiger partial charge in [-0.05, 0) is 46.9 Å². The topological polar surface area (TPSA) is 86.6 Å². The van der Waals surface area contributed by atoms with Crippen LogP contribution in [0.2, 0.25) is 0 Å². The van der Waals surface area contributed by atoms with E-state index in [0.29, 0.717) is 5.56 Å². The van der Waals surface area contributed by atoms with Crippen molar-refractivity contribution < 1.29 is 19.8 Å². The Morgan fingerprint density at radius 2 is 1.88 bits per heavy atom. The first kappa shape index (κ1) is 12.9. The molecule has 1 aromatic rings. The third-order valence-corrected chi connectivity index (χ3v) is 2.57. The number of hydrogen-bond acceptors (Lipinski definition) is 3. The first-order valence-corrected chi connectivity index (χ1v) is 5.53. The molecule has 1 amide bonds. The van der Waals surface area contributed by atoms with E-state index in [2.05, 4.69) is 27.9 Å². The van der Waals surface area contributed by atoms with Crippen molar-refractivity contribution in [1.82, 2.24) is 5.32 Å². The van der Waals surface area contributed by atoms with E-state index in [-0.39, 0.29) is 6.54 Å². The summed E-state index contributed by atoms with van der Waals surface area (Å²) in [6.07, 6.45) is -1.58. The Balaban J connectivity index is 2.53. The Kier molecular flexibility index (Phi) is 4.69. The average molecular weight is 335 g/mol. The van der Waals surface area contributed by atoms with E-state index in [1.165, 1.54) is 0 Å². The summed E-state index contributed by atoms with van der Waals surface area (Å²) < 4.78 is 1.000. The van der Waals surface area contributed by atoms with Crippen LogP contribution in [-0.2, 0) is 4.79 Å². The minimum absolute atomic E-state index is 0.305. The molecule has 0 spiro atoms. The lowest BCUT2D eigenvalue weighted by Crippen LogP contribution is -2.36. The molecule has 0 saturated heterocycles. The van der Waals surface area contributed by atoms with E-state index in [0.717, 1.165) is 3.57 Å². The summed E-state index contributed by atoms with van der Waals surface area (Å²) in [5.41, 5.74) is 0.429. The fraction of sp³-hybridized carbons (Fsp3) is 0.200. The number of amides is 1. The standard InChI is InChI=1S/C10H10INO4/c11-7-3-1-6(2-4-7)9(14)12-5-8(13)10(15)16/h1-4,8,13H,5H2,(H,12,14)(H,15,16). The Morgan fingerprint density at radius 3 is 2.38 bits per heavy atom. The van der Waals surface area contributed by atoms with Gasteiger partial charge in [-0.25, -0.2) is 4.79 Å². The van der Waals surface area contributed by atoms with Crippen molar-refractivity contribution in [2.75, 3.05) is 6.54 Å². The average Bonchev–Trinajstić information content (AvgIpc) is 2.26. The van der Waals surface area contributed by atoms with E-state index < -0.39 is 18.0 Å². The van der Waals surface area contributed by atoms with Crippen molar-refractivity contribution >= 4 is 34.5 Å². The van der Waals surface area contributed by atoms with Gasteiger partial charge in [-0.2, -0.15) is 0 Å². The second-order valence-corrected chi connectivity index (χ2v) is 4.32. The van der Waals surface area contributed by atoms with Crippen LogP contribution in [0.1, 0.15) is 10.4 Å². The number of aliphatic hydroxyl groups is 1. The van der Waals surface area contributed by atoms with Crippen LogP contribution in [0.3, 0.4) is 0 Å². The Labute approximate surface area is 106 Å². The third kappa shape index (κ3) is 3.78. The number of halogens is 1. The van der Waals surface area contributed by atoms with Crippen molar-refractivity contribution in [2.45, 2.75) is 6.10 Å². The summed E-state index contributed by atoms with van der Waals surface area (Å²) >= 11 is 2.11. The summed E-state index contributed by atoms with van der Waals surface area (Å²) in [5, 5.41) is 19.7. The van der Waals surface area contributed by atoms with Gasteiger partial charge in [0.15, 0.2) is 6.10 Å². The van der Waals surface area contributed by atoms with Gasteiger partial charge in [0.05, 0.1) is 6.54 Å². The van der Waals surface area contributed by atoms with Gasteiger partial charge in [0.25, 0.3) is 5.91 Å². The summed E-state index contributed by atoms with van der Waals surface area (Å²) in [6.45, 7) is -0.305. The molecule has 6 heteroatoms. The third-order valence-electron chi connectivity index (χ3n) is 1.85. The van der Waals surface area contributed by atoms with Crippen molar-refractivity contribution in [1.29, 1.82) is 0 Å². The molecule has 0 heterocycles. The van der Waals surface area contributed by atoms with Gasteiger partial charge in [0.2, 0.25) is 0 Å². The lowest BCUT2D eigenvalue weighted by molar-refractivity contribution is -0.146. The van der Waals surface area contributed by atoms with Crippen LogP contribution in [0, 0.1) is 3.57 Å². The van der Waals surface area contributed by atoms with E-state index >= 15 is 0 Å². The van der Waals surface area contributed by atoms with Crippen molar-refractivity contribution in [2.24, 2.45) is 0 Å². The highest BCUT2D eigenvalue weighted by Gasteiger charge is 2.14. The molecule has 0 aliphatic heterocycles. The van der Waals surface area contributed by atoms with Crippen molar-refractivity contribution in [3.8, 4) is 0 Å². The second-order valence-electron chi connectivity index (χ2n) is 3.07. The van der Waals surface area contributed by atoms with Crippen LogP contribution >= 0.6 is 22.6 Å². The fourth-order valence-corrected chi connectivity index (χ4v) is 1.34. The number of carboxylic acid groups (broad SMARTS) is 1. The van der Waals surface area contributed by atoms with Crippen molar-refractivity contribution in [3.63, 3.8) is 0 Å². The maximum absolute atomic E-state index is 11.5. The van der Waals surface area contributed by atoms with Gasteiger partial charge in [0, 0.05) is 9.13 Å². The fourth-order valence-electron chi connectivity index (χ4n) is 0.980. The van der Waals surface area contributed by atoms with Gasteiger partial charge in [-0.1, -0.05) is 0 Å². The van der Waals surface area contributed by atoms with Crippen LogP contribution in [-0.4, -0.2) is 34.7 Å². The maximum Gasteiger partial charge on any atom is 0.334 e. The summed E-state index contributed by atoms with van der Waals surface area (Å²) in [4.78, 5) is 21.8. The summed E-state index contributed by atoms with van der Waals surface area (Å²) in [6, 6.07) is 6.79. The molecule has 1 aromatic carbocycles. The Morgan fingerprint density at radius 1 is 1.31 bits per heavy atom. The lowest BCUT2D eigenvalue weighted by Gasteiger charge is -2.07. The molecule has 0 aliphatic carbocycles. The van der Waals surface area contributed by atoms with Gasteiger partial charge in [-0.15, -0.1) is 0 Å². The predicted octanol–water partition coefficient (Wildman–Crippen LogP) is 0.467. The molecule has 5 nitrogen and oxygen atoms in total.